The minimum Gasteiger partial charge on any atom is -0.291 e. The fourth-order valence-electron chi connectivity index (χ4n) is 2.53. The van der Waals surface area contributed by atoms with E-state index in [9.17, 15) is 13.2 Å². The minimum absolute atomic E-state index is 0.133. The summed E-state index contributed by atoms with van der Waals surface area (Å²) in [6.07, 6.45) is 1.58. The number of amides is 1. The summed E-state index contributed by atoms with van der Waals surface area (Å²) in [5.74, 6) is -0.707. The van der Waals surface area contributed by atoms with Crippen molar-refractivity contribution in [3.8, 4) is 0 Å². The van der Waals surface area contributed by atoms with E-state index >= 15 is 0 Å². The molecule has 0 spiro atoms. The van der Waals surface area contributed by atoms with Gasteiger partial charge in [-0.2, -0.15) is 0 Å². The normalized spacial score (nSPS) is 11.1. The first-order chi connectivity index (χ1) is 12.6. The average Bonchev–Trinajstić information content (AvgIpc) is 2.68. The van der Waals surface area contributed by atoms with Crippen LogP contribution in [-0.4, -0.2) is 25.1 Å². The number of hydrogen-bond donors (Lipinski definition) is 0. The Labute approximate surface area is 152 Å². The van der Waals surface area contributed by atoms with E-state index in [1.165, 1.54) is 17.0 Å². The largest absolute Gasteiger partial charge is 0.291 e. The number of benzene rings is 2. The Balaban J connectivity index is 1.88. The molecule has 0 radical (unpaired) electrons. The van der Waals surface area contributed by atoms with Crippen molar-refractivity contribution in [2.24, 2.45) is 0 Å². The Bertz CT molecular complexity index is 960. The van der Waals surface area contributed by atoms with Crippen LogP contribution in [0.15, 0.2) is 90.0 Å². The molecule has 26 heavy (non-hydrogen) atoms. The average molecular weight is 366 g/mol. The molecule has 1 amide bonds. The molecule has 0 unspecified atom stereocenters. The summed E-state index contributed by atoms with van der Waals surface area (Å²) in [5.41, 5.74) is 0.892. The van der Waals surface area contributed by atoms with Gasteiger partial charge in [0.1, 0.15) is 11.6 Å². The highest BCUT2D eigenvalue weighted by Gasteiger charge is 2.25. The molecule has 3 rings (SSSR count). The van der Waals surface area contributed by atoms with Gasteiger partial charge in [0.15, 0.2) is 9.84 Å². The quantitative estimate of drug-likeness (QED) is 0.672. The Kier molecular flexibility index (Phi) is 5.43. The van der Waals surface area contributed by atoms with Crippen molar-refractivity contribution in [3.05, 3.63) is 90.6 Å². The molecule has 0 saturated heterocycles. The first-order valence-corrected chi connectivity index (χ1v) is 9.74. The fourth-order valence-corrected chi connectivity index (χ4v) is 3.75. The number of hydrogen-bond acceptors (Lipinski definition) is 4. The predicted molar refractivity (Wildman–Crippen MR) is 100 cm³/mol. The summed E-state index contributed by atoms with van der Waals surface area (Å²) in [7, 11) is -3.72. The summed E-state index contributed by atoms with van der Waals surface area (Å²) in [6, 6.07) is 22.6. The Morgan fingerprint density at radius 3 is 2.08 bits per heavy atom. The van der Waals surface area contributed by atoms with Gasteiger partial charge in [-0.1, -0.05) is 54.6 Å². The van der Waals surface area contributed by atoms with Crippen LogP contribution in [0.4, 0.5) is 5.82 Å². The third kappa shape index (κ3) is 4.34. The van der Waals surface area contributed by atoms with E-state index in [1.807, 2.05) is 30.3 Å². The Morgan fingerprint density at radius 1 is 0.846 bits per heavy atom. The summed E-state index contributed by atoms with van der Waals surface area (Å²) in [4.78, 5) is 18.6. The van der Waals surface area contributed by atoms with E-state index in [-0.39, 0.29) is 11.4 Å². The number of anilines is 1. The topological polar surface area (TPSA) is 67.3 Å². The van der Waals surface area contributed by atoms with Crippen LogP contribution in [0.1, 0.15) is 5.56 Å². The molecule has 0 aliphatic heterocycles. The zero-order valence-corrected chi connectivity index (χ0v) is 14.8. The lowest BCUT2D eigenvalue weighted by Crippen LogP contribution is -2.36. The molecule has 132 valence electrons. The molecule has 1 heterocycles. The highest BCUT2D eigenvalue weighted by Crippen LogP contribution is 2.17. The van der Waals surface area contributed by atoms with Gasteiger partial charge in [0.2, 0.25) is 5.91 Å². The van der Waals surface area contributed by atoms with Crippen LogP contribution >= 0.6 is 0 Å². The molecule has 0 bridgehead atoms. The van der Waals surface area contributed by atoms with E-state index in [2.05, 4.69) is 4.98 Å². The van der Waals surface area contributed by atoms with Gasteiger partial charge in [-0.15, -0.1) is 0 Å². The van der Waals surface area contributed by atoms with E-state index in [0.717, 1.165) is 5.56 Å². The number of nitrogens with zero attached hydrogens (tertiary/aromatic N) is 2. The minimum atomic E-state index is -3.72. The van der Waals surface area contributed by atoms with Crippen LogP contribution in [0.2, 0.25) is 0 Å². The van der Waals surface area contributed by atoms with Crippen molar-refractivity contribution in [1.82, 2.24) is 4.98 Å². The smallest absolute Gasteiger partial charge is 0.244 e. The molecule has 2 aromatic carbocycles. The first-order valence-electron chi connectivity index (χ1n) is 8.09. The summed E-state index contributed by atoms with van der Waals surface area (Å²) in [6.45, 7) is 0.251. The molecule has 0 atom stereocenters. The van der Waals surface area contributed by atoms with E-state index in [1.54, 1.807) is 42.6 Å². The van der Waals surface area contributed by atoms with Crippen LogP contribution in [0.3, 0.4) is 0 Å². The molecule has 0 fully saturated rings. The van der Waals surface area contributed by atoms with E-state index in [0.29, 0.717) is 5.82 Å². The monoisotopic (exact) mass is 366 g/mol. The lowest BCUT2D eigenvalue weighted by atomic mass is 10.2. The number of aromatic nitrogens is 1. The van der Waals surface area contributed by atoms with Crippen molar-refractivity contribution in [3.63, 3.8) is 0 Å². The van der Waals surface area contributed by atoms with Crippen molar-refractivity contribution in [2.75, 3.05) is 10.7 Å². The summed E-state index contributed by atoms with van der Waals surface area (Å²) < 4.78 is 25.1. The SMILES string of the molecule is O=C(CS(=O)(=O)c1ccccc1)N(Cc1ccccc1)c1ccccn1. The van der Waals surface area contributed by atoms with Gasteiger partial charge in [0.25, 0.3) is 0 Å². The van der Waals surface area contributed by atoms with Gasteiger partial charge in [0.05, 0.1) is 11.4 Å². The second-order valence-electron chi connectivity index (χ2n) is 5.73. The Hall–Kier alpha value is -2.99. The van der Waals surface area contributed by atoms with Gasteiger partial charge in [0, 0.05) is 6.20 Å². The van der Waals surface area contributed by atoms with Crippen LogP contribution < -0.4 is 4.90 Å². The third-order valence-electron chi connectivity index (χ3n) is 3.83. The number of rotatable bonds is 6. The molecule has 6 heteroatoms. The van der Waals surface area contributed by atoms with Crippen molar-refractivity contribution < 1.29 is 13.2 Å². The maximum Gasteiger partial charge on any atom is 0.244 e. The second kappa shape index (κ2) is 7.93. The zero-order valence-electron chi connectivity index (χ0n) is 14.0. The molecule has 0 N–H and O–H groups in total. The summed E-state index contributed by atoms with van der Waals surface area (Å²) in [5, 5.41) is 0. The van der Waals surface area contributed by atoms with Crippen LogP contribution in [-0.2, 0) is 21.2 Å². The first kappa shape index (κ1) is 17.8. The molecule has 5 nitrogen and oxygen atoms in total. The molecule has 0 aliphatic carbocycles. The maximum atomic E-state index is 12.8. The van der Waals surface area contributed by atoms with Crippen molar-refractivity contribution in [1.29, 1.82) is 0 Å². The molecule has 0 saturated carbocycles. The molecule has 1 aromatic heterocycles. The Morgan fingerprint density at radius 2 is 1.46 bits per heavy atom. The number of sulfone groups is 1. The number of carbonyl (C=O) groups excluding carboxylic acids is 1. The lowest BCUT2D eigenvalue weighted by molar-refractivity contribution is -0.116. The van der Waals surface area contributed by atoms with Crippen LogP contribution in [0.25, 0.3) is 0 Å². The van der Waals surface area contributed by atoms with Gasteiger partial charge in [-0.25, -0.2) is 13.4 Å². The van der Waals surface area contributed by atoms with Crippen molar-refractivity contribution in [2.45, 2.75) is 11.4 Å². The zero-order chi connectivity index (χ0) is 18.4. The second-order valence-corrected chi connectivity index (χ2v) is 7.72. The lowest BCUT2D eigenvalue weighted by Gasteiger charge is -2.22. The van der Waals surface area contributed by atoms with Gasteiger partial charge < -0.3 is 0 Å². The van der Waals surface area contributed by atoms with E-state index < -0.39 is 21.5 Å². The highest BCUT2D eigenvalue weighted by molar-refractivity contribution is 7.92. The van der Waals surface area contributed by atoms with Gasteiger partial charge in [-0.3, -0.25) is 9.69 Å². The van der Waals surface area contributed by atoms with Gasteiger partial charge in [-0.05, 0) is 29.8 Å². The van der Waals surface area contributed by atoms with Crippen molar-refractivity contribution >= 4 is 21.6 Å². The molecular weight excluding hydrogens is 348 g/mol. The van der Waals surface area contributed by atoms with Crippen LogP contribution in [0, 0.1) is 0 Å². The molecule has 3 aromatic rings. The fraction of sp³-hybridized carbons (Fsp3) is 0.100. The van der Waals surface area contributed by atoms with Crippen LogP contribution in [0.5, 0.6) is 0 Å². The van der Waals surface area contributed by atoms with Gasteiger partial charge >= 0.3 is 0 Å². The third-order valence-corrected chi connectivity index (χ3v) is 5.44. The standard InChI is InChI=1S/C20H18N2O3S/c23-20(16-26(24,25)18-11-5-2-6-12-18)22(19-13-7-8-14-21-19)15-17-9-3-1-4-10-17/h1-14H,15-16H2. The predicted octanol–water partition coefficient (Wildman–Crippen LogP) is 3.09. The number of pyridine rings is 1. The van der Waals surface area contributed by atoms with E-state index in [4.69, 9.17) is 0 Å². The molecule has 0 aliphatic rings. The summed E-state index contributed by atoms with van der Waals surface area (Å²) >= 11 is 0. The molecular formula is C20H18N2O3S. The highest BCUT2D eigenvalue weighted by atomic mass is 32.2. The number of carbonyl (C=O) groups is 1. The maximum absolute atomic E-state index is 12.8.